The van der Waals surface area contributed by atoms with Crippen LogP contribution in [0.4, 0.5) is 0 Å². The number of aryl methyl sites for hydroxylation is 1. The summed E-state index contributed by atoms with van der Waals surface area (Å²) in [4.78, 5) is 11.2. The Kier molecular flexibility index (Phi) is 4.91. The molecule has 1 aliphatic heterocycles. The number of carbonyl (C=O) groups is 1. The smallest absolute Gasteiger partial charge is 0.335 e. The van der Waals surface area contributed by atoms with E-state index in [-0.39, 0.29) is 16.5 Å². The van der Waals surface area contributed by atoms with Crippen LogP contribution in [0.5, 0.6) is 0 Å². The number of carboxylic acid groups (broad SMARTS) is 1. The van der Waals surface area contributed by atoms with Crippen molar-refractivity contribution in [3.05, 3.63) is 47.7 Å². The molecule has 0 bridgehead atoms. The lowest BCUT2D eigenvalue weighted by atomic mass is 9.91. The van der Waals surface area contributed by atoms with Gasteiger partial charge in [-0.3, -0.25) is 4.68 Å². The Balaban J connectivity index is 1.86. The van der Waals surface area contributed by atoms with E-state index in [0.29, 0.717) is 19.6 Å². The largest absolute Gasteiger partial charge is 0.478 e. The summed E-state index contributed by atoms with van der Waals surface area (Å²) in [5.74, 6) is -0.991. The van der Waals surface area contributed by atoms with Crippen LogP contribution in [0, 0.1) is 0 Å². The predicted molar refractivity (Wildman–Crippen MR) is 92.0 cm³/mol. The molecule has 0 saturated carbocycles. The topological polar surface area (TPSA) is 92.5 Å². The van der Waals surface area contributed by atoms with E-state index in [4.69, 9.17) is 5.11 Å². The summed E-state index contributed by atoms with van der Waals surface area (Å²) in [6.45, 7) is 3.15. The Morgan fingerprint density at radius 3 is 2.88 bits per heavy atom. The zero-order chi connectivity index (χ0) is 18.0. The van der Waals surface area contributed by atoms with Crippen LogP contribution in [0.25, 0.3) is 0 Å². The maximum Gasteiger partial charge on any atom is 0.335 e. The average Bonchev–Trinajstić information content (AvgIpc) is 3.11. The summed E-state index contributed by atoms with van der Waals surface area (Å²) in [6.07, 6.45) is 3.07. The first kappa shape index (κ1) is 17.6. The summed E-state index contributed by atoms with van der Waals surface area (Å²) in [5, 5.41) is 13.4. The fraction of sp³-hybridized carbons (Fsp3) is 0.412. The van der Waals surface area contributed by atoms with Crippen LogP contribution in [0.1, 0.15) is 41.6 Å². The highest BCUT2D eigenvalue weighted by Crippen LogP contribution is 2.30. The van der Waals surface area contributed by atoms with Crippen molar-refractivity contribution in [2.24, 2.45) is 0 Å². The summed E-state index contributed by atoms with van der Waals surface area (Å²) in [7, 11) is -3.61. The lowest BCUT2D eigenvalue weighted by Gasteiger charge is -2.32. The predicted octanol–water partition coefficient (Wildman–Crippen LogP) is 2.17. The molecule has 3 rings (SSSR count). The molecule has 1 unspecified atom stereocenters. The number of aromatic carboxylic acids is 1. The van der Waals surface area contributed by atoms with Crippen LogP contribution >= 0.6 is 0 Å². The second-order valence-electron chi connectivity index (χ2n) is 6.12. The van der Waals surface area contributed by atoms with Gasteiger partial charge in [-0.25, -0.2) is 13.2 Å². The molecule has 0 radical (unpaired) electrons. The normalized spacial score (nSPS) is 19.0. The maximum atomic E-state index is 13.0. The van der Waals surface area contributed by atoms with Gasteiger partial charge in [-0.1, -0.05) is 12.1 Å². The van der Waals surface area contributed by atoms with Crippen LogP contribution in [-0.2, 0) is 16.6 Å². The molecular weight excluding hydrogens is 342 g/mol. The monoisotopic (exact) mass is 363 g/mol. The number of hydrogen-bond acceptors (Lipinski definition) is 4. The first-order valence-electron chi connectivity index (χ1n) is 8.28. The Morgan fingerprint density at radius 2 is 2.16 bits per heavy atom. The van der Waals surface area contributed by atoms with Gasteiger partial charge in [-0.15, -0.1) is 0 Å². The number of carboxylic acids is 1. The highest BCUT2D eigenvalue weighted by molar-refractivity contribution is 7.89. The SMILES string of the molecule is CCn1nccc1S(=O)(=O)N1CCCC(c2cccc(C(=O)O)c2)C1. The van der Waals surface area contributed by atoms with E-state index in [0.717, 1.165) is 18.4 Å². The lowest BCUT2D eigenvalue weighted by Crippen LogP contribution is -2.39. The fourth-order valence-electron chi connectivity index (χ4n) is 3.27. The minimum atomic E-state index is -3.61. The number of hydrogen-bond donors (Lipinski definition) is 1. The molecule has 1 atom stereocenters. The summed E-state index contributed by atoms with van der Waals surface area (Å²) in [5.41, 5.74) is 1.09. The Hall–Kier alpha value is -2.19. The molecule has 2 aromatic rings. The minimum absolute atomic E-state index is 0.0131. The zero-order valence-corrected chi connectivity index (χ0v) is 14.8. The Labute approximate surface area is 146 Å². The molecule has 25 heavy (non-hydrogen) atoms. The van der Waals surface area contributed by atoms with Crippen molar-refractivity contribution in [1.29, 1.82) is 0 Å². The first-order valence-corrected chi connectivity index (χ1v) is 9.72. The van der Waals surface area contributed by atoms with Gasteiger partial charge in [-0.2, -0.15) is 9.40 Å². The van der Waals surface area contributed by atoms with Crippen molar-refractivity contribution in [1.82, 2.24) is 14.1 Å². The maximum absolute atomic E-state index is 13.0. The lowest BCUT2D eigenvalue weighted by molar-refractivity contribution is 0.0696. The fourth-order valence-corrected chi connectivity index (χ4v) is 4.95. The van der Waals surface area contributed by atoms with Gasteiger partial charge in [0.05, 0.1) is 11.8 Å². The van der Waals surface area contributed by atoms with Crippen molar-refractivity contribution < 1.29 is 18.3 Å². The van der Waals surface area contributed by atoms with E-state index in [9.17, 15) is 13.2 Å². The van der Waals surface area contributed by atoms with Crippen LogP contribution in [-0.4, -0.2) is 46.7 Å². The molecule has 1 N–H and O–H groups in total. The molecular formula is C17H21N3O4S. The number of piperidine rings is 1. The van der Waals surface area contributed by atoms with Crippen molar-refractivity contribution in [2.45, 2.75) is 37.3 Å². The van der Waals surface area contributed by atoms with Gasteiger partial charge in [0.1, 0.15) is 0 Å². The van der Waals surface area contributed by atoms with Gasteiger partial charge < -0.3 is 5.11 Å². The van der Waals surface area contributed by atoms with E-state index in [1.807, 2.05) is 13.0 Å². The molecule has 0 aliphatic carbocycles. The van der Waals surface area contributed by atoms with Crippen LogP contribution in [0.3, 0.4) is 0 Å². The molecule has 1 aliphatic rings. The van der Waals surface area contributed by atoms with Gasteiger partial charge in [0.25, 0.3) is 10.0 Å². The van der Waals surface area contributed by atoms with Crippen LogP contribution < -0.4 is 0 Å². The standard InChI is InChI=1S/C17H21N3O4S/c1-2-20-16(8-9-18-20)25(23,24)19-10-4-7-15(12-19)13-5-3-6-14(11-13)17(21)22/h3,5-6,8-9,11,15H,2,4,7,10,12H2,1H3,(H,21,22). The highest BCUT2D eigenvalue weighted by atomic mass is 32.2. The van der Waals surface area contributed by atoms with Gasteiger partial charge in [0.2, 0.25) is 0 Å². The molecule has 2 heterocycles. The van der Waals surface area contributed by atoms with Gasteiger partial charge in [0, 0.05) is 19.6 Å². The summed E-state index contributed by atoms with van der Waals surface area (Å²) < 4.78 is 28.9. The molecule has 134 valence electrons. The quantitative estimate of drug-likeness (QED) is 0.879. The van der Waals surface area contributed by atoms with E-state index < -0.39 is 16.0 Å². The molecule has 8 heteroatoms. The van der Waals surface area contributed by atoms with Crippen molar-refractivity contribution in [3.8, 4) is 0 Å². The van der Waals surface area contributed by atoms with E-state index in [2.05, 4.69) is 5.10 Å². The second kappa shape index (κ2) is 6.97. The van der Waals surface area contributed by atoms with E-state index >= 15 is 0 Å². The van der Waals surface area contributed by atoms with Gasteiger partial charge >= 0.3 is 5.97 Å². The summed E-state index contributed by atoms with van der Waals surface area (Å²) >= 11 is 0. The number of nitrogens with zero attached hydrogens (tertiary/aromatic N) is 3. The van der Waals surface area contributed by atoms with Crippen LogP contribution in [0.2, 0.25) is 0 Å². The first-order chi connectivity index (χ1) is 11.9. The van der Waals surface area contributed by atoms with E-state index in [1.54, 1.807) is 18.2 Å². The van der Waals surface area contributed by atoms with Crippen LogP contribution in [0.15, 0.2) is 41.6 Å². The van der Waals surface area contributed by atoms with Crippen molar-refractivity contribution in [3.63, 3.8) is 0 Å². The van der Waals surface area contributed by atoms with E-state index in [1.165, 1.54) is 21.3 Å². The molecule has 0 spiro atoms. The number of benzene rings is 1. The number of rotatable bonds is 5. The zero-order valence-electron chi connectivity index (χ0n) is 14.0. The molecule has 1 saturated heterocycles. The molecule has 0 amide bonds. The van der Waals surface area contributed by atoms with Gasteiger partial charge in [-0.05, 0) is 49.4 Å². The molecule has 1 aromatic heterocycles. The average molecular weight is 363 g/mol. The minimum Gasteiger partial charge on any atom is -0.478 e. The Bertz CT molecular complexity index is 876. The van der Waals surface area contributed by atoms with Gasteiger partial charge in [0.15, 0.2) is 5.03 Å². The summed E-state index contributed by atoms with van der Waals surface area (Å²) in [6, 6.07) is 8.28. The second-order valence-corrected chi connectivity index (χ2v) is 8.00. The third kappa shape index (κ3) is 3.45. The highest BCUT2D eigenvalue weighted by Gasteiger charge is 2.33. The molecule has 1 fully saturated rings. The van der Waals surface area contributed by atoms with Crippen molar-refractivity contribution >= 4 is 16.0 Å². The number of aromatic nitrogens is 2. The third-order valence-corrected chi connectivity index (χ3v) is 6.46. The molecule has 1 aromatic carbocycles. The molecule has 7 nitrogen and oxygen atoms in total. The van der Waals surface area contributed by atoms with Crippen molar-refractivity contribution in [2.75, 3.05) is 13.1 Å². The third-order valence-electron chi connectivity index (χ3n) is 4.57. The Morgan fingerprint density at radius 1 is 1.36 bits per heavy atom. The number of sulfonamides is 1.